The zero-order valence-corrected chi connectivity index (χ0v) is 26.0. The van der Waals surface area contributed by atoms with Crippen LogP contribution in [-0.2, 0) is 34.1 Å². The summed E-state index contributed by atoms with van der Waals surface area (Å²) in [4.78, 5) is 25.4. The number of hydrogen-bond donors (Lipinski definition) is 0. The summed E-state index contributed by atoms with van der Waals surface area (Å²) < 4.78 is 64.4. The van der Waals surface area contributed by atoms with Gasteiger partial charge in [0.15, 0.2) is 0 Å². The summed E-state index contributed by atoms with van der Waals surface area (Å²) >= 11 is 0. The van der Waals surface area contributed by atoms with Gasteiger partial charge in [-0.1, -0.05) is 63.6 Å². The van der Waals surface area contributed by atoms with Crippen LogP contribution in [0.2, 0.25) is 0 Å². The lowest BCUT2D eigenvalue weighted by molar-refractivity contribution is -0.281. The van der Waals surface area contributed by atoms with Gasteiger partial charge in [0, 0.05) is 24.3 Å². The van der Waals surface area contributed by atoms with Crippen molar-refractivity contribution in [3.63, 3.8) is 0 Å². The van der Waals surface area contributed by atoms with Crippen LogP contribution in [0, 0.1) is 28.1 Å². The van der Waals surface area contributed by atoms with E-state index in [4.69, 9.17) is 18.9 Å². The maximum atomic E-state index is 14.4. The topological polar surface area (TPSA) is 71.1 Å². The van der Waals surface area contributed by atoms with E-state index in [1.165, 1.54) is 62.3 Å². The second kappa shape index (κ2) is 11.0. The van der Waals surface area contributed by atoms with Crippen LogP contribution in [0.4, 0.5) is 13.2 Å². The maximum Gasteiger partial charge on any atom is 0.432 e. The van der Waals surface area contributed by atoms with E-state index < -0.39 is 41.7 Å². The molecule has 44 heavy (non-hydrogen) atoms. The lowest BCUT2D eigenvalue weighted by atomic mass is 9.50. The lowest BCUT2D eigenvalue weighted by Gasteiger charge is -2.55. The van der Waals surface area contributed by atoms with E-state index >= 15 is 0 Å². The Morgan fingerprint density at radius 1 is 1.11 bits per heavy atom. The van der Waals surface area contributed by atoms with Gasteiger partial charge in [0.1, 0.15) is 0 Å². The first-order valence-corrected chi connectivity index (χ1v) is 15.9. The highest BCUT2D eigenvalue weighted by atomic mass is 19.4. The van der Waals surface area contributed by atoms with Crippen LogP contribution in [0.3, 0.4) is 0 Å². The molecule has 0 bridgehead atoms. The molecule has 0 radical (unpaired) electrons. The summed E-state index contributed by atoms with van der Waals surface area (Å²) in [5.41, 5.74) is -1.15. The second-order valence-corrected chi connectivity index (χ2v) is 14.2. The Balaban J connectivity index is 1.13. The Hall–Kier alpha value is -2.65. The second-order valence-electron chi connectivity index (χ2n) is 14.2. The molecule has 1 aromatic rings. The Morgan fingerprint density at radius 3 is 2.52 bits per heavy atom. The summed E-state index contributed by atoms with van der Waals surface area (Å²) in [6.45, 7) is 7.76. The largest absolute Gasteiger partial charge is 0.432 e. The number of carbonyl (C=O) groups excluding carboxylic acids is 2. The number of carbonyl (C=O) groups is 2. The molecule has 1 aromatic carbocycles. The quantitative estimate of drug-likeness (QED) is 0.222. The molecule has 6 nitrogen and oxygen atoms in total. The number of alkyl halides is 3. The van der Waals surface area contributed by atoms with Crippen molar-refractivity contribution in [2.24, 2.45) is 28.1 Å². The minimum atomic E-state index is -5.15. The first-order chi connectivity index (χ1) is 20.8. The van der Waals surface area contributed by atoms with Gasteiger partial charge in [-0.25, -0.2) is 9.59 Å². The molecule has 5 aliphatic rings. The summed E-state index contributed by atoms with van der Waals surface area (Å²) in [6.07, 6.45) is 6.23. The third-order valence-corrected chi connectivity index (χ3v) is 12.2. The van der Waals surface area contributed by atoms with Crippen molar-refractivity contribution in [2.75, 3.05) is 13.7 Å². The molecular formula is C35H43F3O6. The predicted octanol–water partition coefficient (Wildman–Crippen LogP) is 7.57. The number of benzene rings is 1. The van der Waals surface area contributed by atoms with Crippen LogP contribution >= 0.6 is 0 Å². The van der Waals surface area contributed by atoms with Crippen LogP contribution in [0.5, 0.6) is 0 Å². The molecular weight excluding hydrogens is 573 g/mol. The molecule has 8 atom stereocenters. The molecule has 0 unspecified atom stereocenters. The van der Waals surface area contributed by atoms with Crippen molar-refractivity contribution >= 4 is 11.9 Å². The molecule has 0 saturated heterocycles. The van der Waals surface area contributed by atoms with Crippen molar-refractivity contribution in [2.45, 2.75) is 103 Å². The van der Waals surface area contributed by atoms with Gasteiger partial charge >= 0.3 is 18.1 Å². The molecule has 0 N–H and O–H groups in total. The van der Waals surface area contributed by atoms with E-state index in [2.05, 4.69) is 26.8 Å². The Morgan fingerprint density at radius 2 is 1.86 bits per heavy atom. The molecule has 1 spiro atoms. The lowest BCUT2D eigenvalue weighted by Crippen LogP contribution is -2.52. The molecule has 2 heterocycles. The SMILES string of the molecule is CO[C@](C(=O)O[C@H]1OC(=O)C=C1[C@H]1CC=C(CC[C@]2(C)[C@H]3CCC[C@@]4(C)C[C@@]34CC[C@@H]2C)CO1)(c1ccccc1)C(F)(F)F. The summed E-state index contributed by atoms with van der Waals surface area (Å²) in [5, 5.41) is 0. The van der Waals surface area contributed by atoms with E-state index in [0.717, 1.165) is 44.1 Å². The smallest absolute Gasteiger partial charge is 0.418 e. The van der Waals surface area contributed by atoms with Crippen molar-refractivity contribution in [1.82, 2.24) is 0 Å². The number of esters is 2. The van der Waals surface area contributed by atoms with Gasteiger partial charge in [0.05, 0.1) is 12.7 Å². The number of hydrogen-bond acceptors (Lipinski definition) is 6. The van der Waals surface area contributed by atoms with Gasteiger partial charge in [0.25, 0.3) is 11.9 Å². The average molecular weight is 617 g/mol. The van der Waals surface area contributed by atoms with Crippen molar-refractivity contribution in [3.05, 3.63) is 59.2 Å². The Bertz CT molecular complexity index is 1360. The number of rotatable bonds is 8. The fourth-order valence-electron chi connectivity index (χ4n) is 9.36. The van der Waals surface area contributed by atoms with Crippen molar-refractivity contribution in [1.29, 1.82) is 0 Å². The molecule has 0 aromatic heterocycles. The van der Waals surface area contributed by atoms with Gasteiger partial charge in [-0.05, 0) is 85.0 Å². The Labute approximate surface area is 257 Å². The number of methoxy groups -OCH3 is 1. The number of halogens is 3. The first-order valence-electron chi connectivity index (χ1n) is 15.9. The average Bonchev–Trinajstić information content (AvgIpc) is 3.46. The summed E-state index contributed by atoms with van der Waals surface area (Å²) in [6, 6.07) is 6.54. The van der Waals surface area contributed by atoms with E-state index in [9.17, 15) is 22.8 Å². The minimum absolute atomic E-state index is 0.184. The normalized spacial score (nSPS) is 37.9. The van der Waals surface area contributed by atoms with E-state index in [1.807, 2.05) is 0 Å². The van der Waals surface area contributed by atoms with Gasteiger partial charge in [-0.2, -0.15) is 13.2 Å². The fraction of sp³-hybridized carbons (Fsp3) is 0.657. The van der Waals surface area contributed by atoms with Crippen LogP contribution in [-0.4, -0.2) is 44.2 Å². The van der Waals surface area contributed by atoms with Gasteiger partial charge in [-0.15, -0.1) is 0 Å². The zero-order chi connectivity index (χ0) is 31.5. The standard InChI is InChI=1S/C35H43F3O6/c1-22-14-18-33-21-31(33,2)16-8-11-27(33)32(22,3)17-15-23-12-13-26(42-20-23)25-19-28(39)43-29(25)44-30(40)34(41-4,35(36,37)38)24-9-6-5-7-10-24/h5-7,9-10,12,19,22,26-27,29H,8,11,13-18,20-21H2,1-4H3/t22-,26+,27+,29+,31-,32-,33-,34-/m0/s1. The molecule has 3 aliphatic carbocycles. The summed E-state index contributed by atoms with van der Waals surface area (Å²) in [7, 11) is 0.793. The maximum absolute atomic E-state index is 14.4. The van der Waals surface area contributed by atoms with Crippen LogP contribution in [0.15, 0.2) is 53.6 Å². The van der Waals surface area contributed by atoms with E-state index in [-0.39, 0.29) is 11.0 Å². The van der Waals surface area contributed by atoms with E-state index in [1.54, 1.807) is 0 Å². The highest BCUT2D eigenvalue weighted by molar-refractivity contribution is 5.87. The molecule has 240 valence electrons. The van der Waals surface area contributed by atoms with Crippen molar-refractivity contribution < 1.29 is 41.7 Å². The Kier molecular flexibility index (Phi) is 7.84. The molecule has 6 rings (SSSR count). The number of cyclic esters (lactones) is 1. The fourth-order valence-corrected chi connectivity index (χ4v) is 9.36. The first kappa shape index (κ1) is 31.3. The predicted molar refractivity (Wildman–Crippen MR) is 156 cm³/mol. The van der Waals surface area contributed by atoms with Crippen LogP contribution < -0.4 is 0 Å². The van der Waals surface area contributed by atoms with Gasteiger partial charge in [0.2, 0.25) is 0 Å². The van der Waals surface area contributed by atoms with Crippen molar-refractivity contribution in [3.8, 4) is 0 Å². The molecule has 9 heteroatoms. The third kappa shape index (κ3) is 4.84. The third-order valence-electron chi connectivity index (χ3n) is 12.2. The number of ether oxygens (including phenoxy) is 4. The van der Waals surface area contributed by atoms with E-state index in [0.29, 0.717) is 29.8 Å². The van der Waals surface area contributed by atoms with Gasteiger partial charge < -0.3 is 18.9 Å². The monoisotopic (exact) mass is 616 g/mol. The zero-order valence-electron chi connectivity index (χ0n) is 26.0. The summed E-state index contributed by atoms with van der Waals surface area (Å²) in [5.74, 6) is -1.12. The molecule has 0 amide bonds. The molecule has 3 saturated carbocycles. The highest BCUT2D eigenvalue weighted by Crippen LogP contribution is 2.80. The van der Waals surface area contributed by atoms with Crippen LogP contribution in [0.1, 0.15) is 84.1 Å². The molecule has 2 aliphatic heterocycles. The molecule has 3 fully saturated rings. The minimum Gasteiger partial charge on any atom is -0.418 e. The van der Waals surface area contributed by atoms with Gasteiger partial charge in [-0.3, -0.25) is 0 Å². The highest BCUT2D eigenvalue weighted by Gasteiger charge is 2.72. The van der Waals surface area contributed by atoms with Crippen LogP contribution in [0.25, 0.3) is 0 Å².